The monoisotopic (exact) mass is 285 g/mol. The zero-order valence-corrected chi connectivity index (χ0v) is 11.7. The summed E-state index contributed by atoms with van der Waals surface area (Å²) in [7, 11) is -2.17. The van der Waals surface area contributed by atoms with E-state index in [1.807, 2.05) is 4.72 Å². The smallest absolute Gasteiger partial charge is 0.237 e. The Balaban J connectivity index is 3.01. The van der Waals surface area contributed by atoms with Gasteiger partial charge in [0.1, 0.15) is 5.75 Å². The molecule has 0 fully saturated rings. The van der Waals surface area contributed by atoms with Crippen molar-refractivity contribution >= 4 is 21.7 Å². The number of hydrogen-bond donors (Lipinski definition) is 1. The minimum atomic E-state index is -3.60. The average Bonchev–Trinajstić information content (AvgIpc) is 2.26. The number of Topliss-reactive ketones (excluding diaryl/α,β-unsaturated/α-hetero) is 1. The van der Waals surface area contributed by atoms with Crippen molar-refractivity contribution in [1.29, 1.82) is 0 Å². The SMILES string of the molecule is COc1ccc(C(C)=O)cc1CC(=O)NS(C)(=O)=O. The van der Waals surface area contributed by atoms with Crippen LogP contribution in [0.5, 0.6) is 5.75 Å². The number of nitrogens with one attached hydrogen (secondary N) is 1. The lowest BCUT2D eigenvalue weighted by molar-refractivity contribution is -0.118. The lowest BCUT2D eigenvalue weighted by Gasteiger charge is -2.09. The third-order valence-electron chi connectivity index (χ3n) is 2.34. The highest BCUT2D eigenvalue weighted by molar-refractivity contribution is 7.89. The highest BCUT2D eigenvalue weighted by atomic mass is 32.2. The summed E-state index contributed by atoms with van der Waals surface area (Å²) in [5.74, 6) is -0.400. The van der Waals surface area contributed by atoms with Crippen molar-refractivity contribution in [3.05, 3.63) is 29.3 Å². The van der Waals surface area contributed by atoms with Gasteiger partial charge in [0.25, 0.3) is 0 Å². The van der Waals surface area contributed by atoms with Crippen LogP contribution in [0.3, 0.4) is 0 Å². The summed E-state index contributed by atoms with van der Waals surface area (Å²) in [6.45, 7) is 1.40. The summed E-state index contributed by atoms with van der Waals surface area (Å²) in [5, 5.41) is 0. The average molecular weight is 285 g/mol. The molecule has 0 spiro atoms. The number of benzene rings is 1. The van der Waals surface area contributed by atoms with Crippen molar-refractivity contribution in [3.8, 4) is 5.75 Å². The highest BCUT2D eigenvalue weighted by Gasteiger charge is 2.14. The van der Waals surface area contributed by atoms with Crippen molar-refractivity contribution in [2.75, 3.05) is 13.4 Å². The first-order chi connectivity index (χ1) is 8.73. The fraction of sp³-hybridized carbons (Fsp3) is 0.333. The number of carbonyl (C=O) groups excluding carboxylic acids is 2. The second-order valence-electron chi connectivity index (χ2n) is 4.06. The van der Waals surface area contributed by atoms with Crippen LogP contribution >= 0.6 is 0 Å². The van der Waals surface area contributed by atoms with Crippen molar-refractivity contribution in [2.24, 2.45) is 0 Å². The Labute approximate surface area is 111 Å². The van der Waals surface area contributed by atoms with E-state index in [0.717, 1.165) is 6.26 Å². The minimum absolute atomic E-state index is 0.146. The molecule has 104 valence electrons. The molecule has 0 saturated carbocycles. The molecule has 1 aromatic rings. The third-order valence-corrected chi connectivity index (χ3v) is 2.94. The summed E-state index contributed by atoms with van der Waals surface area (Å²) < 4.78 is 28.8. The van der Waals surface area contributed by atoms with Crippen LogP contribution in [0.2, 0.25) is 0 Å². The van der Waals surface area contributed by atoms with Gasteiger partial charge in [0.15, 0.2) is 5.78 Å². The van der Waals surface area contributed by atoms with Gasteiger partial charge in [0, 0.05) is 11.1 Å². The molecule has 0 atom stereocenters. The van der Waals surface area contributed by atoms with E-state index in [0.29, 0.717) is 16.9 Å². The molecular weight excluding hydrogens is 270 g/mol. The van der Waals surface area contributed by atoms with Gasteiger partial charge >= 0.3 is 0 Å². The second kappa shape index (κ2) is 5.83. The standard InChI is InChI=1S/C12H15NO5S/c1-8(14)9-4-5-11(18-2)10(6-9)7-12(15)13-19(3,16)17/h4-6H,7H2,1-3H3,(H,13,15). The van der Waals surface area contributed by atoms with Crippen LogP contribution in [0.15, 0.2) is 18.2 Å². The molecule has 1 aromatic carbocycles. The molecule has 0 unspecified atom stereocenters. The number of hydrogen-bond acceptors (Lipinski definition) is 5. The van der Waals surface area contributed by atoms with Gasteiger partial charge in [-0.3, -0.25) is 14.3 Å². The van der Waals surface area contributed by atoms with Gasteiger partial charge < -0.3 is 4.74 Å². The van der Waals surface area contributed by atoms with Gasteiger partial charge in [-0.15, -0.1) is 0 Å². The zero-order valence-electron chi connectivity index (χ0n) is 10.9. The fourth-order valence-electron chi connectivity index (χ4n) is 1.55. The first kappa shape index (κ1) is 15.2. The summed E-state index contributed by atoms with van der Waals surface area (Å²) >= 11 is 0. The second-order valence-corrected chi connectivity index (χ2v) is 5.81. The van der Waals surface area contributed by atoms with Crippen LogP contribution in [0.25, 0.3) is 0 Å². The Kier molecular flexibility index (Phi) is 4.66. The van der Waals surface area contributed by atoms with Crippen LogP contribution in [-0.2, 0) is 21.2 Å². The molecule has 0 heterocycles. The van der Waals surface area contributed by atoms with Gasteiger partial charge in [-0.05, 0) is 25.1 Å². The molecule has 7 heteroatoms. The van der Waals surface area contributed by atoms with Crippen LogP contribution in [0, 0.1) is 0 Å². The molecule has 1 N–H and O–H groups in total. The van der Waals surface area contributed by atoms with Crippen LogP contribution in [0.4, 0.5) is 0 Å². The molecule has 0 aliphatic carbocycles. The largest absolute Gasteiger partial charge is 0.496 e. The lowest BCUT2D eigenvalue weighted by Crippen LogP contribution is -2.30. The van der Waals surface area contributed by atoms with Gasteiger partial charge in [-0.25, -0.2) is 8.42 Å². The summed E-state index contributed by atoms with van der Waals surface area (Å²) in [5.41, 5.74) is 0.888. The van der Waals surface area contributed by atoms with Crippen molar-refractivity contribution in [3.63, 3.8) is 0 Å². The van der Waals surface area contributed by atoms with E-state index in [1.54, 1.807) is 12.1 Å². The fourth-order valence-corrected chi connectivity index (χ4v) is 2.04. The quantitative estimate of drug-likeness (QED) is 0.796. The predicted octanol–water partition coefficient (Wildman–Crippen LogP) is 0.516. The van der Waals surface area contributed by atoms with Crippen molar-refractivity contribution < 1.29 is 22.7 Å². The van der Waals surface area contributed by atoms with Crippen molar-refractivity contribution in [1.82, 2.24) is 4.72 Å². The number of rotatable bonds is 5. The molecule has 0 radical (unpaired) electrons. The predicted molar refractivity (Wildman–Crippen MR) is 69.7 cm³/mol. The first-order valence-electron chi connectivity index (χ1n) is 5.41. The molecule has 0 aromatic heterocycles. The number of ketones is 1. The summed E-state index contributed by atoms with van der Waals surface area (Å²) in [4.78, 5) is 22.8. The van der Waals surface area contributed by atoms with E-state index >= 15 is 0 Å². The van der Waals surface area contributed by atoms with E-state index in [9.17, 15) is 18.0 Å². The Morgan fingerprint density at radius 3 is 2.42 bits per heavy atom. The Morgan fingerprint density at radius 2 is 1.95 bits per heavy atom. The lowest BCUT2D eigenvalue weighted by atomic mass is 10.0. The third kappa shape index (κ3) is 4.70. The molecule has 0 aliphatic rings. The van der Waals surface area contributed by atoms with Gasteiger partial charge in [-0.1, -0.05) is 0 Å². The number of methoxy groups -OCH3 is 1. The van der Waals surface area contributed by atoms with Crippen LogP contribution < -0.4 is 9.46 Å². The van der Waals surface area contributed by atoms with E-state index in [2.05, 4.69) is 0 Å². The van der Waals surface area contributed by atoms with E-state index in [-0.39, 0.29) is 12.2 Å². The number of amides is 1. The molecular formula is C12H15NO5S. The normalized spacial score (nSPS) is 10.9. The van der Waals surface area contributed by atoms with E-state index in [1.165, 1.54) is 20.1 Å². The Morgan fingerprint density at radius 1 is 1.32 bits per heavy atom. The molecule has 19 heavy (non-hydrogen) atoms. The molecule has 0 bridgehead atoms. The number of ether oxygens (including phenoxy) is 1. The maximum Gasteiger partial charge on any atom is 0.237 e. The van der Waals surface area contributed by atoms with Gasteiger partial charge in [0.2, 0.25) is 15.9 Å². The molecule has 1 rings (SSSR count). The van der Waals surface area contributed by atoms with Crippen LogP contribution in [0.1, 0.15) is 22.8 Å². The number of carbonyl (C=O) groups is 2. The summed E-state index contributed by atoms with van der Waals surface area (Å²) in [6.07, 6.45) is 0.714. The number of sulfonamides is 1. The van der Waals surface area contributed by atoms with Gasteiger partial charge in [0.05, 0.1) is 19.8 Å². The maximum absolute atomic E-state index is 11.5. The highest BCUT2D eigenvalue weighted by Crippen LogP contribution is 2.20. The molecule has 1 amide bonds. The zero-order chi connectivity index (χ0) is 14.6. The molecule has 6 nitrogen and oxygen atoms in total. The van der Waals surface area contributed by atoms with E-state index in [4.69, 9.17) is 4.74 Å². The summed E-state index contributed by atoms with van der Waals surface area (Å²) in [6, 6.07) is 4.67. The maximum atomic E-state index is 11.5. The first-order valence-corrected chi connectivity index (χ1v) is 7.30. The molecule has 0 aliphatic heterocycles. The topological polar surface area (TPSA) is 89.5 Å². The molecule has 0 saturated heterocycles. The Bertz CT molecular complexity index is 607. The minimum Gasteiger partial charge on any atom is -0.496 e. The van der Waals surface area contributed by atoms with E-state index < -0.39 is 15.9 Å². The van der Waals surface area contributed by atoms with Crippen LogP contribution in [-0.4, -0.2) is 33.5 Å². The van der Waals surface area contributed by atoms with Gasteiger partial charge in [-0.2, -0.15) is 0 Å². The Hall–Kier alpha value is -1.89. The van der Waals surface area contributed by atoms with Crippen molar-refractivity contribution in [2.45, 2.75) is 13.3 Å².